The van der Waals surface area contributed by atoms with Gasteiger partial charge in [-0.1, -0.05) is 36.4 Å². The van der Waals surface area contributed by atoms with Gasteiger partial charge in [0.15, 0.2) is 11.6 Å². The molecule has 3 aromatic rings. The van der Waals surface area contributed by atoms with Gasteiger partial charge in [-0.3, -0.25) is 4.79 Å². The van der Waals surface area contributed by atoms with Crippen molar-refractivity contribution in [1.29, 1.82) is 0 Å². The molecule has 0 aliphatic carbocycles. The van der Waals surface area contributed by atoms with E-state index in [1.807, 2.05) is 48.5 Å². The normalized spacial score (nSPS) is 15.6. The van der Waals surface area contributed by atoms with Crippen LogP contribution in [0.1, 0.15) is 30.7 Å². The number of hydrogen-bond acceptors (Lipinski definition) is 5. The number of esters is 1. The van der Waals surface area contributed by atoms with E-state index in [0.717, 1.165) is 23.4 Å². The van der Waals surface area contributed by atoms with Crippen LogP contribution in [0.5, 0.6) is 11.5 Å². The third kappa shape index (κ3) is 3.65. The Labute approximate surface area is 157 Å². The van der Waals surface area contributed by atoms with Gasteiger partial charge in [0.05, 0.1) is 18.5 Å². The molecule has 1 aliphatic rings. The molecule has 0 saturated carbocycles. The van der Waals surface area contributed by atoms with Crippen LogP contribution in [-0.2, 0) is 4.79 Å². The molecule has 0 saturated heterocycles. The van der Waals surface area contributed by atoms with Crippen molar-refractivity contribution in [1.82, 2.24) is 9.78 Å². The summed E-state index contributed by atoms with van der Waals surface area (Å²) in [5.41, 5.74) is 8.07. The number of carbonyl (C=O) groups is 1. The van der Waals surface area contributed by atoms with Crippen LogP contribution < -0.4 is 15.2 Å². The molecule has 138 valence electrons. The van der Waals surface area contributed by atoms with Crippen LogP contribution in [0.2, 0.25) is 0 Å². The van der Waals surface area contributed by atoms with Crippen molar-refractivity contribution in [3.05, 3.63) is 66.4 Å². The van der Waals surface area contributed by atoms with Crippen LogP contribution in [0.4, 0.5) is 5.82 Å². The maximum absolute atomic E-state index is 12.3. The van der Waals surface area contributed by atoms with Crippen molar-refractivity contribution >= 4 is 11.8 Å². The first-order chi connectivity index (χ1) is 13.2. The predicted octanol–water partition coefficient (Wildman–Crippen LogP) is 3.71. The molecule has 2 N–H and O–H groups in total. The summed E-state index contributed by atoms with van der Waals surface area (Å²) < 4.78 is 12.7. The molecule has 27 heavy (non-hydrogen) atoms. The van der Waals surface area contributed by atoms with Crippen LogP contribution in [-0.4, -0.2) is 22.4 Å². The van der Waals surface area contributed by atoms with Gasteiger partial charge in [0, 0.05) is 6.42 Å². The lowest BCUT2D eigenvalue weighted by Gasteiger charge is -2.25. The Hall–Kier alpha value is -3.28. The van der Waals surface area contributed by atoms with Crippen molar-refractivity contribution in [3.63, 3.8) is 0 Å². The van der Waals surface area contributed by atoms with E-state index in [-0.39, 0.29) is 11.7 Å². The lowest BCUT2D eigenvalue weighted by atomic mass is 9.89. The van der Waals surface area contributed by atoms with Crippen molar-refractivity contribution in [2.75, 3.05) is 12.3 Å². The van der Waals surface area contributed by atoms with Crippen molar-refractivity contribution in [2.45, 2.75) is 25.2 Å². The van der Waals surface area contributed by atoms with E-state index in [0.29, 0.717) is 31.2 Å². The van der Waals surface area contributed by atoms with Gasteiger partial charge in [0.2, 0.25) is 0 Å². The summed E-state index contributed by atoms with van der Waals surface area (Å²) in [6.45, 7) is 0.674. The van der Waals surface area contributed by atoms with Gasteiger partial charge in [-0.15, -0.1) is 0 Å². The minimum absolute atomic E-state index is 0.288. The summed E-state index contributed by atoms with van der Waals surface area (Å²) in [5, 5.41) is 4.22. The first-order valence-corrected chi connectivity index (χ1v) is 9.03. The zero-order chi connectivity index (χ0) is 18.6. The van der Waals surface area contributed by atoms with E-state index in [1.165, 1.54) is 6.20 Å². The molecule has 0 amide bonds. The average molecular weight is 363 g/mol. The summed E-state index contributed by atoms with van der Waals surface area (Å²) in [6.07, 6.45) is 3.41. The zero-order valence-corrected chi connectivity index (χ0v) is 14.9. The number of carbonyl (C=O) groups excluding carboxylic acids is 1. The number of nitrogens with zero attached hydrogens (tertiary/aromatic N) is 2. The molecule has 1 atom stereocenters. The number of hydrogen-bond donors (Lipinski definition) is 1. The summed E-state index contributed by atoms with van der Waals surface area (Å²) in [4.78, 5) is 12.3. The van der Waals surface area contributed by atoms with Gasteiger partial charge in [-0.2, -0.15) is 5.10 Å². The smallest absolute Gasteiger partial charge is 0.311 e. The maximum atomic E-state index is 12.3. The Bertz CT molecular complexity index is 937. The monoisotopic (exact) mass is 363 g/mol. The van der Waals surface area contributed by atoms with Crippen LogP contribution in [0, 0.1) is 0 Å². The first-order valence-electron chi connectivity index (χ1n) is 9.03. The van der Waals surface area contributed by atoms with Gasteiger partial charge in [0.25, 0.3) is 0 Å². The quantitative estimate of drug-likeness (QED) is 0.699. The van der Waals surface area contributed by atoms with E-state index in [2.05, 4.69) is 11.2 Å². The van der Waals surface area contributed by atoms with Gasteiger partial charge in [-0.05, 0) is 42.5 Å². The molecule has 4 rings (SSSR count). The largest absolute Gasteiger partial charge is 0.493 e. The average Bonchev–Trinajstić information content (AvgIpc) is 3.07. The standard InChI is InChI=1S/C21H21N3O3/c22-21-19(14-23-24(21)16-6-2-1-3-7-16)27-20(25)11-10-15-12-13-26-18-9-5-4-8-17(15)18/h1-9,14-15H,10-13,22H2. The zero-order valence-electron chi connectivity index (χ0n) is 14.9. The van der Waals surface area contributed by atoms with E-state index in [1.54, 1.807) is 4.68 Å². The van der Waals surface area contributed by atoms with Gasteiger partial charge >= 0.3 is 5.97 Å². The van der Waals surface area contributed by atoms with Crippen molar-refractivity contribution in [3.8, 4) is 17.2 Å². The molecule has 0 fully saturated rings. The van der Waals surface area contributed by atoms with E-state index in [9.17, 15) is 4.79 Å². The molecule has 6 heteroatoms. The number of para-hydroxylation sites is 2. The molecule has 1 unspecified atom stereocenters. The Kier molecular flexibility index (Phi) is 4.78. The molecule has 0 spiro atoms. The lowest BCUT2D eigenvalue weighted by molar-refractivity contribution is -0.134. The molecular weight excluding hydrogens is 342 g/mol. The number of fused-ring (bicyclic) bond motifs is 1. The summed E-state index contributed by atoms with van der Waals surface area (Å²) >= 11 is 0. The van der Waals surface area contributed by atoms with Crippen LogP contribution in [0.3, 0.4) is 0 Å². The van der Waals surface area contributed by atoms with Gasteiger partial charge in [-0.25, -0.2) is 4.68 Å². The molecule has 6 nitrogen and oxygen atoms in total. The summed E-state index contributed by atoms with van der Waals surface area (Å²) in [6, 6.07) is 17.5. The number of anilines is 1. The van der Waals surface area contributed by atoms with E-state index < -0.39 is 0 Å². The van der Waals surface area contributed by atoms with Crippen LogP contribution in [0.15, 0.2) is 60.8 Å². The molecule has 2 aromatic carbocycles. The number of aromatic nitrogens is 2. The second-order valence-electron chi connectivity index (χ2n) is 6.53. The number of nitrogens with two attached hydrogens (primary N) is 1. The number of rotatable bonds is 5. The minimum Gasteiger partial charge on any atom is -0.493 e. The molecule has 0 bridgehead atoms. The Morgan fingerprint density at radius 2 is 1.96 bits per heavy atom. The highest BCUT2D eigenvalue weighted by Crippen LogP contribution is 2.36. The number of ether oxygens (including phenoxy) is 2. The van der Waals surface area contributed by atoms with Crippen molar-refractivity contribution in [2.24, 2.45) is 0 Å². The first kappa shape index (κ1) is 17.1. The van der Waals surface area contributed by atoms with Gasteiger partial charge in [0.1, 0.15) is 5.75 Å². The van der Waals surface area contributed by atoms with E-state index in [4.69, 9.17) is 15.2 Å². The second kappa shape index (κ2) is 7.53. The summed E-state index contributed by atoms with van der Waals surface area (Å²) in [7, 11) is 0. The molecule has 0 radical (unpaired) electrons. The highest BCUT2D eigenvalue weighted by Gasteiger charge is 2.22. The van der Waals surface area contributed by atoms with Crippen LogP contribution >= 0.6 is 0 Å². The molecular formula is C21H21N3O3. The topological polar surface area (TPSA) is 79.4 Å². The molecule has 2 heterocycles. The third-order valence-electron chi connectivity index (χ3n) is 4.78. The SMILES string of the molecule is Nc1c(OC(=O)CCC2CCOc3ccccc32)cnn1-c1ccccc1. The highest BCUT2D eigenvalue weighted by atomic mass is 16.5. The lowest BCUT2D eigenvalue weighted by Crippen LogP contribution is -2.16. The molecule has 1 aromatic heterocycles. The Morgan fingerprint density at radius 3 is 2.81 bits per heavy atom. The number of benzene rings is 2. The van der Waals surface area contributed by atoms with Crippen LogP contribution in [0.25, 0.3) is 5.69 Å². The van der Waals surface area contributed by atoms with E-state index >= 15 is 0 Å². The second-order valence-corrected chi connectivity index (χ2v) is 6.53. The maximum Gasteiger partial charge on any atom is 0.311 e. The van der Waals surface area contributed by atoms with Crippen molar-refractivity contribution < 1.29 is 14.3 Å². The fraction of sp³-hybridized carbons (Fsp3) is 0.238. The predicted molar refractivity (Wildman–Crippen MR) is 102 cm³/mol. The fourth-order valence-corrected chi connectivity index (χ4v) is 3.38. The minimum atomic E-state index is -0.307. The Balaban J connectivity index is 1.39. The molecule has 1 aliphatic heterocycles. The Morgan fingerprint density at radius 1 is 1.19 bits per heavy atom. The highest BCUT2D eigenvalue weighted by molar-refractivity contribution is 5.74. The summed E-state index contributed by atoms with van der Waals surface area (Å²) in [5.74, 6) is 1.50. The van der Waals surface area contributed by atoms with Gasteiger partial charge < -0.3 is 15.2 Å². The third-order valence-corrected chi connectivity index (χ3v) is 4.78. The number of nitrogen functional groups attached to an aromatic ring is 1. The fourth-order valence-electron chi connectivity index (χ4n) is 3.38.